The first kappa shape index (κ1) is 24.8. The lowest BCUT2D eigenvalue weighted by molar-refractivity contribution is 0.122. The van der Waals surface area contributed by atoms with Crippen molar-refractivity contribution >= 4 is 38.0 Å². The summed E-state index contributed by atoms with van der Waals surface area (Å²) < 4.78 is 38.2. The van der Waals surface area contributed by atoms with Gasteiger partial charge >= 0.3 is 0 Å². The third kappa shape index (κ3) is 5.01. The molecule has 10 nitrogen and oxygen atoms in total. The maximum absolute atomic E-state index is 12.8. The molecular weight excluding hydrogens is 494 g/mol. The van der Waals surface area contributed by atoms with Gasteiger partial charge < -0.3 is 24.7 Å². The molecule has 1 aliphatic heterocycles. The van der Waals surface area contributed by atoms with E-state index in [2.05, 4.69) is 19.9 Å². The SMILES string of the molecule is CNS(=O)(=O)c1ccc(OC)c(-c2cc3cc[nH]c(=O)c3c(Nc3ccc(N4CCOCC4)cc3)n2)c1. The summed E-state index contributed by atoms with van der Waals surface area (Å²) in [4.78, 5) is 22.6. The molecule has 0 bridgehead atoms. The van der Waals surface area contributed by atoms with E-state index in [1.54, 1.807) is 24.4 Å². The van der Waals surface area contributed by atoms with E-state index in [4.69, 9.17) is 14.5 Å². The van der Waals surface area contributed by atoms with E-state index >= 15 is 0 Å². The summed E-state index contributed by atoms with van der Waals surface area (Å²) in [5.41, 5.74) is 2.49. The maximum atomic E-state index is 12.8. The molecule has 1 fully saturated rings. The molecule has 2 aromatic heterocycles. The Morgan fingerprint density at radius 1 is 1.05 bits per heavy atom. The Balaban J connectivity index is 1.59. The molecular formula is C26H27N5O5S. The van der Waals surface area contributed by atoms with Crippen LogP contribution < -0.4 is 25.2 Å². The van der Waals surface area contributed by atoms with Gasteiger partial charge in [-0.3, -0.25) is 4.79 Å². The molecule has 37 heavy (non-hydrogen) atoms. The second-order valence-electron chi connectivity index (χ2n) is 8.47. The van der Waals surface area contributed by atoms with Crippen molar-refractivity contribution in [2.75, 3.05) is 50.7 Å². The van der Waals surface area contributed by atoms with Gasteiger partial charge in [0.2, 0.25) is 10.0 Å². The van der Waals surface area contributed by atoms with E-state index in [-0.39, 0.29) is 10.5 Å². The normalized spacial score (nSPS) is 14.1. The molecule has 11 heteroatoms. The predicted octanol–water partition coefficient (Wildman–Crippen LogP) is 3.09. The fraction of sp³-hybridized carbons (Fsp3) is 0.231. The second kappa shape index (κ2) is 10.2. The first-order chi connectivity index (χ1) is 17.9. The van der Waals surface area contributed by atoms with Crippen molar-refractivity contribution in [1.29, 1.82) is 0 Å². The van der Waals surface area contributed by atoms with E-state index in [1.807, 2.05) is 24.3 Å². The van der Waals surface area contributed by atoms with Gasteiger partial charge in [0, 0.05) is 36.2 Å². The van der Waals surface area contributed by atoms with Gasteiger partial charge in [0.05, 0.1) is 36.3 Å². The number of pyridine rings is 2. The van der Waals surface area contributed by atoms with Gasteiger partial charge in [0.1, 0.15) is 11.6 Å². The highest BCUT2D eigenvalue weighted by atomic mass is 32.2. The number of anilines is 3. The molecule has 4 aromatic rings. The highest BCUT2D eigenvalue weighted by Crippen LogP contribution is 2.35. The van der Waals surface area contributed by atoms with Gasteiger partial charge in [-0.05, 0) is 67.0 Å². The molecule has 3 heterocycles. The third-order valence-electron chi connectivity index (χ3n) is 6.29. The van der Waals surface area contributed by atoms with Crippen molar-refractivity contribution in [3.63, 3.8) is 0 Å². The van der Waals surface area contributed by atoms with Crippen molar-refractivity contribution in [3.8, 4) is 17.0 Å². The summed E-state index contributed by atoms with van der Waals surface area (Å²) >= 11 is 0. The van der Waals surface area contributed by atoms with Crippen molar-refractivity contribution in [1.82, 2.24) is 14.7 Å². The smallest absolute Gasteiger partial charge is 0.259 e. The number of ether oxygens (including phenoxy) is 2. The van der Waals surface area contributed by atoms with Crippen LogP contribution in [0.5, 0.6) is 5.75 Å². The topological polar surface area (TPSA) is 126 Å². The quantitative estimate of drug-likeness (QED) is 0.339. The van der Waals surface area contributed by atoms with Crippen LogP contribution in [0.4, 0.5) is 17.2 Å². The summed E-state index contributed by atoms with van der Waals surface area (Å²) in [6.07, 6.45) is 1.56. The van der Waals surface area contributed by atoms with Crippen molar-refractivity contribution in [2.45, 2.75) is 4.90 Å². The third-order valence-corrected chi connectivity index (χ3v) is 7.70. The Kier molecular flexibility index (Phi) is 6.83. The van der Waals surface area contributed by atoms with Crippen LogP contribution in [0.15, 0.2) is 70.5 Å². The molecule has 192 valence electrons. The number of aromatic amines is 1. The highest BCUT2D eigenvalue weighted by molar-refractivity contribution is 7.89. The first-order valence-electron chi connectivity index (χ1n) is 11.7. The number of methoxy groups -OCH3 is 1. The number of rotatable bonds is 7. The lowest BCUT2D eigenvalue weighted by atomic mass is 10.1. The number of morpholine rings is 1. The van der Waals surface area contributed by atoms with Crippen LogP contribution in [0.2, 0.25) is 0 Å². The van der Waals surface area contributed by atoms with Crippen molar-refractivity contribution < 1.29 is 17.9 Å². The fourth-order valence-corrected chi connectivity index (χ4v) is 5.08. The number of benzene rings is 2. The number of nitrogens with one attached hydrogen (secondary N) is 3. The average Bonchev–Trinajstić information content (AvgIpc) is 2.93. The number of aromatic nitrogens is 2. The van der Waals surface area contributed by atoms with Crippen LogP contribution in [0.3, 0.4) is 0 Å². The van der Waals surface area contributed by atoms with Gasteiger partial charge in [0.15, 0.2) is 0 Å². The molecule has 0 atom stereocenters. The van der Waals surface area contributed by atoms with Crippen molar-refractivity contribution in [3.05, 3.63) is 71.1 Å². The molecule has 0 spiro atoms. The van der Waals surface area contributed by atoms with Gasteiger partial charge in [-0.2, -0.15) is 0 Å². The van der Waals surface area contributed by atoms with E-state index in [0.29, 0.717) is 46.8 Å². The number of sulfonamides is 1. The van der Waals surface area contributed by atoms with E-state index < -0.39 is 10.0 Å². The highest BCUT2D eigenvalue weighted by Gasteiger charge is 2.19. The second-order valence-corrected chi connectivity index (χ2v) is 10.4. The fourth-order valence-electron chi connectivity index (χ4n) is 4.33. The Morgan fingerprint density at radius 3 is 2.51 bits per heavy atom. The lowest BCUT2D eigenvalue weighted by Gasteiger charge is -2.28. The molecule has 3 N–H and O–H groups in total. The molecule has 0 aliphatic carbocycles. The lowest BCUT2D eigenvalue weighted by Crippen LogP contribution is -2.36. The van der Waals surface area contributed by atoms with Gasteiger partial charge in [-0.15, -0.1) is 0 Å². The van der Waals surface area contributed by atoms with E-state index in [0.717, 1.165) is 24.5 Å². The standard InChI is InChI=1S/C26H27N5O5S/c1-27-37(33,34)20-7-8-23(35-2)21(16-20)22-15-17-9-10-28-26(32)24(17)25(30-22)29-18-3-5-19(6-4-18)31-11-13-36-14-12-31/h3-10,15-16,27H,11-14H2,1-2H3,(H,28,32)(H,29,30). The van der Waals surface area contributed by atoms with Crippen LogP contribution in [0.1, 0.15) is 0 Å². The minimum absolute atomic E-state index is 0.0758. The molecule has 0 radical (unpaired) electrons. The minimum Gasteiger partial charge on any atom is -0.496 e. The average molecular weight is 522 g/mol. The van der Waals surface area contributed by atoms with Crippen molar-refractivity contribution in [2.24, 2.45) is 0 Å². The van der Waals surface area contributed by atoms with E-state index in [9.17, 15) is 13.2 Å². The largest absolute Gasteiger partial charge is 0.496 e. The zero-order valence-electron chi connectivity index (χ0n) is 20.4. The zero-order valence-corrected chi connectivity index (χ0v) is 21.3. The molecule has 1 saturated heterocycles. The number of H-pyrrole nitrogens is 1. The summed E-state index contributed by atoms with van der Waals surface area (Å²) in [6.45, 7) is 3.07. The van der Waals surface area contributed by atoms with Gasteiger partial charge in [-0.1, -0.05) is 0 Å². The van der Waals surface area contributed by atoms with Crippen LogP contribution in [-0.2, 0) is 14.8 Å². The molecule has 5 rings (SSSR count). The van der Waals surface area contributed by atoms with Crippen LogP contribution >= 0.6 is 0 Å². The molecule has 0 amide bonds. The Morgan fingerprint density at radius 2 is 1.81 bits per heavy atom. The minimum atomic E-state index is -3.69. The molecule has 1 aliphatic rings. The van der Waals surface area contributed by atoms with Gasteiger partial charge in [0.25, 0.3) is 5.56 Å². The summed E-state index contributed by atoms with van der Waals surface area (Å²) in [6, 6.07) is 16.0. The summed E-state index contributed by atoms with van der Waals surface area (Å²) in [7, 11) is -0.832. The monoisotopic (exact) mass is 521 g/mol. The predicted molar refractivity (Wildman–Crippen MR) is 143 cm³/mol. The summed E-state index contributed by atoms with van der Waals surface area (Å²) in [5.74, 6) is 0.796. The Bertz CT molecular complexity index is 1600. The molecule has 2 aromatic carbocycles. The van der Waals surface area contributed by atoms with Crippen LogP contribution in [0, 0.1) is 0 Å². The summed E-state index contributed by atoms with van der Waals surface area (Å²) in [5, 5.41) is 4.31. The van der Waals surface area contributed by atoms with Gasteiger partial charge in [-0.25, -0.2) is 18.1 Å². The number of nitrogens with zero attached hydrogens (tertiary/aromatic N) is 2. The Labute approximate surface area is 214 Å². The zero-order chi connectivity index (χ0) is 26.0. The number of hydrogen-bond donors (Lipinski definition) is 3. The van der Waals surface area contributed by atoms with Crippen LogP contribution in [-0.4, -0.2) is 58.8 Å². The van der Waals surface area contributed by atoms with E-state index in [1.165, 1.54) is 26.3 Å². The molecule has 0 saturated carbocycles. The number of fused-ring (bicyclic) bond motifs is 1. The number of hydrogen-bond acceptors (Lipinski definition) is 8. The van der Waals surface area contributed by atoms with Crippen LogP contribution in [0.25, 0.3) is 22.0 Å². The molecule has 0 unspecified atom stereocenters. The Hall–Kier alpha value is -3.93. The maximum Gasteiger partial charge on any atom is 0.259 e. The first-order valence-corrected chi connectivity index (χ1v) is 13.2.